The highest BCUT2D eigenvalue weighted by Gasteiger charge is 2.44. The molecule has 0 unspecified atom stereocenters. The van der Waals surface area contributed by atoms with Gasteiger partial charge in [-0.1, -0.05) is 47.6 Å². The summed E-state index contributed by atoms with van der Waals surface area (Å²) in [6.45, 7) is 0.310. The van der Waals surface area contributed by atoms with Crippen LogP contribution in [0.4, 0.5) is 5.13 Å². The zero-order valence-corrected chi connectivity index (χ0v) is 19.7. The Balaban J connectivity index is 1.24. The van der Waals surface area contributed by atoms with Crippen molar-refractivity contribution in [3.63, 3.8) is 0 Å². The Kier molecular flexibility index (Phi) is 6.12. The largest absolute Gasteiger partial charge is 0.496 e. The fourth-order valence-corrected chi connectivity index (χ4v) is 4.40. The van der Waals surface area contributed by atoms with Crippen molar-refractivity contribution in [3.8, 4) is 28.1 Å². The summed E-state index contributed by atoms with van der Waals surface area (Å²) < 4.78 is 11.2. The molecular weight excluding hydrogens is 462 g/mol. The average molecular weight is 484 g/mol. The van der Waals surface area contributed by atoms with Crippen LogP contribution in [0, 0.1) is 11.3 Å². The number of pyridine rings is 1. The van der Waals surface area contributed by atoms with Crippen LogP contribution in [-0.2, 0) is 12.0 Å². The van der Waals surface area contributed by atoms with Crippen molar-refractivity contribution < 1.29 is 14.3 Å². The quantitative estimate of drug-likeness (QED) is 0.376. The molecular formula is C26H21N5O3S. The normalized spacial score (nSPS) is 13.5. The van der Waals surface area contributed by atoms with E-state index in [1.165, 1.54) is 0 Å². The van der Waals surface area contributed by atoms with Gasteiger partial charge in [-0.2, -0.15) is 5.26 Å². The predicted molar refractivity (Wildman–Crippen MR) is 131 cm³/mol. The van der Waals surface area contributed by atoms with Gasteiger partial charge in [0.05, 0.1) is 24.2 Å². The van der Waals surface area contributed by atoms with E-state index in [0.717, 1.165) is 40.9 Å². The van der Waals surface area contributed by atoms with Crippen molar-refractivity contribution in [3.05, 3.63) is 83.7 Å². The maximum atomic E-state index is 13.0. The second-order valence-electron chi connectivity index (χ2n) is 8.13. The van der Waals surface area contributed by atoms with Crippen LogP contribution in [0.5, 0.6) is 10.9 Å². The number of para-hydroxylation sites is 1. The number of nitrogens with zero attached hydrogens (tertiary/aromatic N) is 4. The first-order valence-corrected chi connectivity index (χ1v) is 11.8. The van der Waals surface area contributed by atoms with Crippen LogP contribution < -0.4 is 14.8 Å². The molecule has 0 radical (unpaired) electrons. The zero-order valence-electron chi connectivity index (χ0n) is 18.9. The van der Waals surface area contributed by atoms with Gasteiger partial charge in [0.15, 0.2) is 0 Å². The second kappa shape index (κ2) is 9.52. The Labute approximate surface area is 206 Å². The Morgan fingerprint density at radius 3 is 2.66 bits per heavy atom. The van der Waals surface area contributed by atoms with Gasteiger partial charge in [-0.25, -0.2) is 0 Å². The zero-order chi connectivity index (χ0) is 24.3. The van der Waals surface area contributed by atoms with Crippen LogP contribution >= 0.6 is 11.3 Å². The lowest BCUT2D eigenvalue weighted by Gasteiger charge is -2.11. The lowest BCUT2D eigenvalue weighted by atomic mass is 9.97. The molecule has 0 saturated heterocycles. The fourth-order valence-electron chi connectivity index (χ4n) is 3.81. The van der Waals surface area contributed by atoms with E-state index in [4.69, 9.17) is 9.47 Å². The molecule has 1 aliphatic rings. The molecule has 35 heavy (non-hydrogen) atoms. The number of methoxy groups -OCH3 is 1. The maximum absolute atomic E-state index is 13.0. The lowest BCUT2D eigenvalue weighted by Crippen LogP contribution is -2.13. The highest BCUT2D eigenvalue weighted by molar-refractivity contribution is 7.17. The molecule has 0 spiro atoms. The van der Waals surface area contributed by atoms with E-state index in [0.29, 0.717) is 33.8 Å². The monoisotopic (exact) mass is 483 g/mol. The van der Waals surface area contributed by atoms with Crippen molar-refractivity contribution in [1.29, 1.82) is 5.26 Å². The van der Waals surface area contributed by atoms with E-state index in [9.17, 15) is 10.1 Å². The Hall–Kier alpha value is -4.29. The van der Waals surface area contributed by atoms with Crippen molar-refractivity contribution in [2.75, 3.05) is 12.4 Å². The first-order valence-electron chi connectivity index (χ1n) is 11.0. The van der Waals surface area contributed by atoms with Crippen molar-refractivity contribution in [2.24, 2.45) is 0 Å². The van der Waals surface area contributed by atoms with Crippen LogP contribution in [0.2, 0.25) is 0 Å². The third-order valence-electron chi connectivity index (χ3n) is 5.92. The molecule has 5 rings (SSSR count). The maximum Gasteiger partial charge on any atom is 0.296 e. The van der Waals surface area contributed by atoms with Gasteiger partial charge in [-0.05, 0) is 47.4 Å². The molecule has 8 nitrogen and oxygen atoms in total. The van der Waals surface area contributed by atoms with Crippen molar-refractivity contribution in [2.45, 2.75) is 24.9 Å². The molecule has 1 amide bonds. The summed E-state index contributed by atoms with van der Waals surface area (Å²) in [4.78, 5) is 17.2. The van der Waals surface area contributed by atoms with Gasteiger partial charge < -0.3 is 9.47 Å². The number of anilines is 1. The number of carbonyl (C=O) groups excluding carboxylic acids is 1. The molecule has 1 N–H and O–H groups in total. The van der Waals surface area contributed by atoms with E-state index in [1.807, 2.05) is 48.5 Å². The second-order valence-corrected chi connectivity index (χ2v) is 9.07. The summed E-state index contributed by atoms with van der Waals surface area (Å²) in [6, 6.07) is 19.4. The number of carbonyl (C=O) groups is 1. The molecule has 2 aromatic carbocycles. The summed E-state index contributed by atoms with van der Waals surface area (Å²) in [5.41, 5.74) is 3.56. The summed E-state index contributed by atoms with van der Waals surface area (Å²) in [6.07, 6.45) is 5.03. The summed E-state index contributed by atoms with van der Waals surface area (Å²) in [5, 5.41) is 20.9. The predicted octanol–water partition coefficient (Wildman–Crippen LogP) is 5.00. The van der Waals surface area contributed by atoms with Gasteiger partial charge >= 0.3 is 0 Å². The molecule has 174 valence electrons. The SMILES string of the molecule is COc1ccccc1-c1cnccc1C(=O)Nc1nnc(OCc2ccc(C3(C#N)CC3)cc2)s1. The minimum atomic E-state index is -0.335. The van der Waals surface area contributed by atoms with Crippen LogP contribution in [0.15, 0.2) is 67.0 Å². The van der Waals surface area contributed by atoms with Crippen LogP contribution in [-0.4, -0.2) is 28.2 Å². The number of amides is 1. The third-order valence-corrected chi connectivity index (χ3v) is 6.67. The van der Waals surface area contributed by atoms with Crippen LogP contribution in [0.25, 0.3) is 11.1 Å². The molecule has 1 fully saturated rings. The first-order chi connectivity index (χ1) is 17.1. The van der Waals surface area contributed by atoms with Gasteiger partial charge in [0.1, 0.15) is 12.4 Å². The number of nitrogens with one attached hydrogen (secondary N) is 1. The molecule has 0 atom stereocenters. The molecule has 2 aromatic heterocycles. The third kappa shape index (κ3) is 4.69. The number of hydrogen-bond acceptors (Lipinski definition) is 8. The number of hydrogen-bond donors (Lipinski definition) is 1. The van der Waals surface area contributed by atoms with Crippen LogP contribution in [0.1, 0.15) is 34.3 Å². The van der Waals surface area contributed by atoms with E-state index in [1.54, 1.807) is 25.6 Å². The van der Waals surface area contributed by atoms with Gasteiger partial charge in [-0.3, -0.25) is 15.1 Å². The Morgan fingerprint density at radius 2 is 1.91 bits per heavy atom. The molecule has 1 saturated carbocycles. The van der Waals surface area contributed by atoms with Gasteiger partial charge in [0.2, 0.25) is 5.13 Å². The minimum Gasteiger partial charge on any atom is -0.496 e. The average Bonchev–Trinajstić information content (AvgIpc) is 3.59. The highest BCUT2D eigenvalue weighted by atomic mass is 32.1. The number of aromatic nitrogens is 3. The molecule has 9 heteroatoms. The topological polar surface area (TPSA) is 110 Å². The number of nitriles is 1. The van der Waals surface area contributed by atoms with E-state index >= 15 is 0 Å². The van der Waals surface area contributed by atoms with Gasteiger partial charge in [0.25, 0.3) is 11.1 Å². The van der Waals surface area contributed by atoms with Gasteiger partial charge in [0, 0.05) is 23.5 Å². The first kappa shape index (κ1) is 22.5. The Morgan fingerprint density at radius 1 is 1.11 bits per heavy atom. The number of ether oxygens (including phenoxy) is 2. The summed E-state index contributed by atoms with van der Waals surface area (Å²) in [5.74, 6) is 0.312. The molecule has 0 aliphatic heterocycles. The summed E-state index contributed by atoms with van der Waals surface area (Å²) in [7, 11) is 1.59. The molecule has 4 aromatic rings. The fraction of sp³-hybridized carbons (Fsp3) is 0.192. The smallest absolute Gasteiger partial charge is 0.296 e. The highest BCUT2D eigenvalue weighted by Crippen LogP contribution is 2.47. The van der Waals surface area contributed by atoms with E-state index < -0.39 is 0 Å². The van der Waals surface area contributed by atoms with Crippen LogP contribution in [0.3, 0.4) is 0 Å². The van der Waals surface area contributed by atoms with Gasteiger partial charge in [-0.15, -0.1) is 5.10 Å². The molecule has 2 heterocycles. The molecule has 0 bridgehead atoms. The molecule has 1 aliphatic carbocycles. The summed E-state index contributed by atoms with van der Waals surface area (Å²) >= 11 is 1.15. The number of benzene rings is 2. The standard InChI is InChI=1S/C26H21N5O3S/c1-33-22-5-3-2-4-19(22)21-14-28-13-10-20(21)23(32)29-24-30-31-25(35-24)34-15-17-6-8-18(9-7-17)26(16-27)11-12-26/h2-10,13-14H,11-12,15H2,1H3,(H,29,30,32). The number of rotatable bonds is 8. The minimum absolute atomic E-state index is 0.300. The van der Waals surface area contributed by atoms with Crippen molar-refractivity contribution >= 4 is 22.4 Å². The Bertz CT molecular complexity index is 1410. The lowest BCUT2D eigenvalue weighted by molar-refractivity contribution is 0.102. The van der Waals surface area contributed by atoms with Crippen molar-refractivity contribution in [1.82, 2.24) is 15.2 Å². The van der Waals surface area contributed by atoms with E-state index in [2.05, 4.69) is 26.6 Å². The van der Waals surface area contributed by atoms with E-state index in [-0.39, 0.29) is 11.3 Å².